The van der Waals surface area contributed by atoms with Gasteiger partial charge in [0.05, 0.1) is 22.1 Å². The van der Waals surface area contributed by atoms with E-state index in [9.17, 15) is 0 Å². The molecule has 4 heteroatoms. The molecule has 0 spiro atoms. The average molecular weight is 1790 g/mol. The van der Waals surface area contributed by atoms with E-state index in [-0.39, 0.29) is 0 Å². The Morgan fingerprint density at radius 1 is 0.167 bits per heavy atom. The molecule has 0 saturated carbocycles. The monoisotopic (exact) mass is 1790 g/mol. The highest BCUT2D eigenvalue weighted by Gasteiger charge is 2.16. The summed E-state index contributed by atoms with van der Waals surface area (Å²) in [5, 5.41) is 5.16. The van der Waals surface area contributed by atoms with E-state index in [1.165, 1.54) is 66.1 Å². The van der Waals surface area contributed by atoms with E-state index < -0.39 is 0 Å². The van der Waals surface area contributed by atoms with E-state index in [0.717, 1.165) is 45.3 Å². The highest BCUT2D eigenvalue weighted by atomic mass is 15.1. The zero-order valence-corrected chi connectivity index (χ0v) is 91.6. The van der Waals surface area contributed by atoms with E-state index in [1.54, 1.807) is 24.3 Å². The zero-order chi connectivity index (χ0) is 103. The van der Waals surface area contributed by atoms with Crippen LogP contribution in [0.25, 0.3) is 79.3 Å². The predicted molar refractivity (Wildman–Crippen MR) is 628 cm³/mol. The minimum Gasteiger partial charge on any atom is -0.311 e. The molecule has 0 unspecified atom stereocenters. The summed E-state index contributed by atoms with van der Waals surface area (Å²) < 4.78 is 4.65. The first-order chi connectivity index (χ1) is 65.5. The van der Waals surface area contributed by atoms with Crippen molar-refractivity contribution in [2.45, 2.75) is 277 Å². The predicted octanol–water partition coefficient (Wildman–Crippen LogP) is 45.2. The van der Waals surface area contributed by atoms with Gasteiger partial charge in [0.1, 0.15) is 0 Å². The highest BCUT2D eigenvalue weighted by Crippen LogP contribution is 2.38. The molecule has 14 rings (SSSR count). The lowest BCUT2D eigenvalue weighted by Gasteiger charge is -2.25. The molecule has 4 nitrogen and oxygen atoms in total. The lowest BCUT2D eigenvalue weighted by Crippen LogP contribution is -2.09. The van der Waals surface area contributed by atoms with E-state index >= 15 is 0 Å². The van der Waals surface area contributed by atoms with Crippen molar-refractivity contribution in [1.82, 2.24) is 9.13 Å². The number of allylic oxidation sites excluding steroid dienone is 8. The summed E-state index contributed by atoms with van der Waals surface area (Å²) in [4.78, 5) is 4.51. The maximum absolute atomic E-state index is 3.74. The fourth-order valence-corrected chi connectivity index (χ4v) is 11.3. The fraction of sp³-hybridized carbons (Fsp3) is 0.312. The van der Waals surface area contributed by atoms with Gasteiger partial charge in [-0.3, -0.25) is 0 Å². The van der Waals surface area contributed by atoms with Gasteiger partial charge in [0.25, 0.3) is 0 Å². The molecule has 0 amide bonds. The normalized spacial score (nSPS) is 8.61. The minimum atomic E-state index is 1.13. The number of aromatic nitrogens is 2. The Bertz CT molecular complexity index is 4670. The average Bonchev–Trinajstić information content (AvgIpc) is 1.61. The molecule has 724 valence electrons. The quantitative estimate of drug-likeness (QED) is 0.0897. The third kappa shape index (κ3) is 52.0. The molecule has 0 bridgehead atoms. The van der Waals surface area contributed by atoms with Crippen molar-refractivity contribution in [2.24, 2.45) is 0 Å². The number of hydrogen-bond acceptors (Lipinski definition) is 2. The van der Waals surface area contributed by atoms with E-state index in [2.05, 4.69) is 355 Å². The summed E-state index contributed by atoms with van der Waals surface area (Å²) in [6.07, 6.45) is 23.2. The van der Waals surface area contributed by atoms with E-state index in [0.29, 0.717) is 0 Å². The van der Waals surface area contributed by atoms with Crippen molar-refractivity contribution in [3.8, 4) is 11.4 Å². The van der Waals surface area contributed by atoms with Crippen LogP contribution in [0.2, 0.25) is 0 Å². The van der Waals surface area contributed by atoms with Crippen LogP contribution in [-0.2, 0) is 0 Å². The Balaban J connectivity index is -0.000000166. The molecule has 2 aromatic heterocycles. The van der Waals surface area contributed by atoms with E-state index in [4.69, 9.17) is 0 Å². The van der Waals surface area contributed by atoms with Crippen molar-refractivity contribution < 1.29 is 0 Å². The summed E-state index contributed by atoms with van der Waals surface area (Å²) >= 11 is 0. The van der Waals surface area contributed by atoms with Crippen molar-refractivity contribution in [2.75, 3.05) is 9.80 Å². The Kier molecular flexibility index (Phi) is 114. The van der Waals surface area contributed by atoms with Crippen LogP contribution in [-0.4, -0.2) is 9.13 Å². The third-order valence-corrected chi connectivity index (χ3v) is 15.5. The van der Waals surface area contributed by atoms with Crippen LogP contribution in [0.1, 0.15) is 299 Å². The SMILES string of the molecule is C=C/C=C/c1ccc(-n2c3ccccc3c3ccccc32)cc1.C=C/C=C/c1ccc(N(c2ccccc2)c2ccccc2)cc1.C=C/C=C/c1cccc(-n2c3ccccc3c3ccccc32)c1.C=C/C=C/c1cccc(N(c2ccccc2)c2ccccc2)c1.CC.CC.CC.CC.CC.CC.CC.CC.CC.CC.CC.CC.CC.CC.CC.CC.CC.CC.CC.CC. The largest absolute Gasteiger partial charge is 0.311 e. The van der Waals surface area contributed by atoms with Gasteiger partial charge in [-0.15, -0.1) is 0 Å². The summed E-state index contributed by atoms with van der Waals surface area (Å²) in [6.45, 7) is 94.9. The highest BCUT2D eigenvalue weighted by molar-refractivity contribution is 6.10. The molecular formula is C128H192N4. The molecule has 12 aromatic carbocycles. The van der Waals surface area contributed by atoms with Crippen molar-refractivity contribution in [1.29, 1.82) is 0 Å². The number of anilines is 6. The first kappa shape index (κ1) is 140. The molecule has 0 aliphatic carbocycles. The van der Waals surface area contributed by atoms with Crippen LogP contribution in [0.5, 0.6) is 0 Å². The molecule has 0 fully saturated rings. The van der Waals surface area contributed by atoms with Gasteiger partial charge in [-0.1, -0.05) is 570 Å². The maximum Gasteiger partial charge on any atom is 0.0541 e. The molecule has 0 aliphatic rings. The Hall–Kier alpha value is -12.2. The molecule has 0 aliphatic heterocycles. The molecule has 0 N–H and O–H groups in total. The van der Waals surface area contributed by atoms with Gasteiger partial charge >= 0.3 is 0 Å². The Labute approximate surface area is 816 Å². The van der Waals surface area contributed by atoms with Crippen molar-refractivity contribution in [3.05, 3.63) is 413 Å². The molecule has 0 saturated heterocycles. The maximum atomic E-state index is 3.74. The molecule has 14 aromatic rings. The summed E-state index contributed by atoms with van der Waals surface area (Å²) in [5.41, 5.74) is 18.8. The lowest BCUT2D eigenvalue weighted by molar-refractivity contribution is 1.18. The van der Waals surface area contributed by atoms with Crippen molar-refractivity contribution >= 4 is 102 Å². The van der Waals surface area contributed by atoms with Crippen LogP contribution in [0.3, 0.4) is 0 Å². The van der Waals surface area contributed by atoms with Gasteiger partial charge in [-0.05, 0) is 144 Å². The fourth-order valence-electron chi connectivity index (χ4n) is 11.3. The molecule has 132 heavy (non-hydrogen) atoms. The topological polar surface area (TPSA) is 16.3 Å². The van der Waals surface area contributed by atoms with Gasteiger partial charge in [-0.2, -0.15) is 0 Å². The second kappa shape index (κ2) is 108. The number of hydrogen-bond donors (Lipinski definition) is 0. The Morgan fingerprint density at radius 2 is 0.364 bits per heavy atom. The van der Waals surface area contributed by atoms with Gasteiger partial charge in [0.15, 0.2) is 0 Å². The zero-order valence-electron chi connectivity index (χ0n) is 91.6. The summed E-state index contributed by atoms with van der Waals surface area (Å²) in [5.74, 6) is 0. The number of fused-ring (bicyclic) bond motifs is 6. The van der Waals surface area contributed by atoms with E-state index in [1.807, 2.05) is 332 Å². The number of benzene rings is 12. The second-order valence-electron chi connectivity index (χ2n) is 21.5. The van der Waals surface area contributed by atoms with Gasteiger partial charge in [0, 0.05) is 67.0 Å². The van der Waals surface area contributed by atoms with Crippen LogP contribution < -0.4 is 9.80 Å². The number of nitrogens with zero attached hydrogens (tertiary/aromatic N) is 4. The Morgan fingerprint density at radius 3 is 0.629 bits per heavy atom. The first-order valence-electron chi connectivity index (χ1n) is 50.9. The van der Waals surface area contributed by atoms with Crippen LogP contribution >= 0.6 is 0 Å². The number of rotatable bonds is 16. The smallest absolute Gasteiger partial charge is 0.0541 e. The third-order valence-electron chi connectivity index (χ3n) is 15.5. The lowest BCUT2D eigenvalue weighted by atomic mass is 10.1. The van der Waals surface area contributed by atoms with Crippen LogP contribution in [0, 0.1) is 0 Å². The number of para-hydroxylation sites is 8. The summed E-state index contributed by atoms with van der Waals surface area (Å²) in [6, 6.07) is 110. The molecule has 0 radical (unpaired) electrons. The van der Waals surface area contributed by atoms with Crippen LogP contribution in [0.15, 0.2) is 390 Å². The van der Waals surface area contributed by atoms with Gasteiger partial charge < -0.3 is 18.9 Å². The first-order valence-corrected chi connectivity index (χ1v) is 50.9. The standard InChI is InChI=1S/2C22H17N.2C22H19N.20C2H6/c1-2-3-9-17-10-8-11-18(16-17)23-21-14-6-4-12-19(21)20-13-5-7-15-22(20)23;1-2-3-8-17-13-15-18(16-14-17)23-21-11-6-4-9-19(21)20-10-5-7-12-22(20)23;1-2-3-11-19-12-10-17-22(18-19)23(20-13-6-4-7-14-20)21-15-8-5-9-16-21;1-2-3-10-19-15-17-22(18-16-19)23(20-11-6-4-7-12-20)21-13-8-5-9-14-21;20*1-2/h2*2-16H,1H2;2*2-18H,1H2;20*1-2H3/b9-3+;8-3+;11-3+;10-3+;;;;;;;;;;;;;;;;;;;;. The van der Waals surface area contributed by atoms with Crippen LogP contribution in [0.4, 0.5) is 34.1 Å². The molecule has 0 atom stereocenters. The van der Waals surface area contributed by atoms with Gasteiger partial charge in [-0.25, -0.2) is 0 Å². The molecule has 2 heterocycles. The van der Waals surface area contributed by atoms with Gasteiger partial charge in [0.2, 0.25) is 0 Å². The van der Waals surface area contributed by atoms with Crippen molar-refractivity contribution in [3.63, 3.8) is 0 Å². The second-order valence-corrected chi connectivity index (χ2v) is 21.5. The molecular weight excluding hydrogens is 1590 g/mol. The summed E-state index contributed by atoms with van der Waals surface area (Å²) in [7, 11) is 0. The minimum absolute atomic E-state index is 1.13.